The Balaban J connectivity index is 3.17. The van der Waals surface area contributed by atoms with Gasteiger partial charge >= 0.3 is 6.36 Å². The first-order valence-electron chi connectivity index (χ1n) is 3.55. The minimum Gasteiger partial charge on any atom is -0.503 e. The van der Waals surface area contributed by atoms with Gasteiger partial charge in [-0.05, 0) is 11.6 Å². The smallest absolute Gasteiger partial charge is 0.503 e. The van der Waals surface area contributed by atoms with Crippen molar-refractivity contribution in [2.24, 2.45) is 0 Å². The zero-order chi connectivity index (χ0) is 12.5. The van der Waals surface area contributed by atoms with E-state index in [-0.39, 0.29) is 6.20 Å². The van der Waals surface area contributed by atoms with Gasteiger partial charge in [0.25, 0.3) is 5.24 Å². The van der Waals surface area contributed by atoms with Crippen LogP contribution in [0.3, 0.4) is 0 Å². The molecule has 0 saturated heterocycles. The molecule has 0 bridgehead atoms. The summed E-state index contributed by atoms with van der Waals surface area (Å²) >= 11 is 4.87. The van der Waals surface area contributed by atoms with E-state index in [4.69, 9.17) is 16.7 Å². The van der Waals surface area contributed by atoms with Gasteiger partial charge in [-0.2, -0.15) is 4.39 Å². The molecule has 1 N–H and O–H groups in total. The Hall–Kier alpha value is -1.57. The van der Waals surface area contributed by atoms with E-state index in [2.05, 4.69) is 9.72 Å². The van der Waals surface area contributed by atoms with Crippen LogP contribution in [0.2, 0.25) is 0 Å². The van der Waals surface area contributed by atoms with Gasteiger partial charge in [-0.3, -0.25) is 4.79 Å². The molecule has 16 heavy (non-hydrogen) atoms. The Labute approximate surface area is 90.4 Å². The van der Waals surface area contributed by atoms with Crippen LogP contribution >= 0.6 is 11.6 Å². The molecule has 0 aromatic carbocycles. The second-order valence-electron chi connectivity index (χ2n) is 2.46. The van der Waals surface area contributed by atoms with Crippen molar-refractivity contribution in [2.45, 2.75) is 6.36 Å². The van der Waals surface area contributed by atoms with Crippen molar-refractivity contribution < 1.29 is 32.2 Å². The highest BCUT2D eigenvalue weighted by atomic mass is 35.5. The molecule has 88 valence electrons. The van der Waals surface area contributed by atoms with Gasteiger partial charge in [0, 0.05) is 0 Å². The lowest BCUT2D eigenvalue weighted by Gasteiger charge is -2.10. The average Bonchev–Trinajstić information content (AvgIpc) is 2.10. The van der Waals surface area contributed by atoms with Gasteiger partial charge in [0.1, 0.15) is 0 Å². The quantitative estimate of drug-likeness (QED) is 0.653. The summed E-state index contributed by atoms with van der Waals surface area (Å²) in [5.41, 5.74) is -0.895. The third-order valence-electron chi connectivity index (χ3n) is 1.37. The molecule has 1 heterocycles. The van der Waals surface area contributed by atoms with Crippen molar-refractivity contribution in [3.8, 4) is 11.5 Å². The van der Waals surface area contributed by atoms with Crippen molar-refractivity contribution in [1.82, 2.24) is 4.98 Å². The minimum absolute atomic E-state index is 0.290. The Morgan fingerprint density at radius 3 is 2.50 bits per heavy atom. The van der Waals surface area contributed by atoms with Crippen LogP contribution in [0.1, 0.15) is 10.5 Å². The van der Waals surface area contributed by atoms with Crippen LogP contribution in [0.15, 0.2) is 6.20 Å². The largest absolute Gasteiger partial charge is 0.573 e. The fourth-order valence-corrected chi connectivity index (χ4v) is 0.940. The SMILES string of the molecule is O=C(Cl)c1ncc(OC(F)(F)F)c(F)c1O. The Morgan fingerprint density at radius 1 is 1.50 bits per heavy atom. The molecule has 1 rings (SSSR count). The first kappa shape index (κ1) is 12.5. The van der Waals surface area contributed by atoms with Crippen molar-refractivity contribution in [3.05, 3.63) is 17.7 Å². The minimum atomic E-state index is -5.14. The van der Waals surface area contributed by atoms with E-state index in [0.717, 1.165) is 0 Å². The highest BCUT2D eigenvalue weighted by molar-refractivity contribution is 6.67. The van der Waals surface area contributed by atoms with Gasteiger partial charge in [0.05, 0.1) is 6.20 Å². The number of aromatic hydroxyl groups is 1. The number of nitrogens with zero attached hydrogens (tertiary/aromatic N) is 1. The Bertz CT molecular complexity index is 434. The number of rotatable bonds is 2. The zero-order valence-electron chi connectivity index (χ0n) is 7.18. The number of alkyl halides is 3. The molecule has 4 nitrogen and oxygen atoms in total. The molecular formula is C7H2ClF4NO3. The summed E-state index contributed by atoms with van der Waals surface area (Å²) in [5, 5.41) is 7.65. The van der Waals surface area contributed by atoms with Gasteiger partial charge in [-0.1, -0.05) is 0 Å². The number of aromatic nitrogens is 1. The number of ether oxygens (including phenoxy) is 1. The number of pyridine rings is 1. The first-order chi connectivity index (χ1) is 7.22. The summed E-state index contributed by atoms with van der Waals surface area (Å²) in [6.07, 6.45) is -4.85. The van der Waals surface area contributed by atoms with Crippen LogP contribution in [0.25, 0.3) is 0 Å². The van der Waals surface area contributed by atoms with Gasteiger partial charge in [0.15, 0.2) is 17.2 Å². The van der Waals surface area contributed by atoms with Crippen LogP contribution in [-0.4, -0.2) is 21.7 Å². The maximum absolute atomic E-state index is 13.0. The molecular weight excluding hydrogens is 258 g/mol. The average molecular weight is 260 g/mol. The second kappa shape index (κ2) is 4.12. The third kappa shape index (κ3) is 2.72. The van der Waals surface area contributed by atoms with Crippen LogP contribution in [0, 0.1) is 5.82 Å². The topological polar surface area (TPSA) is 59.4 Å². The molecule has 0 fully saturated rings. The van der Waals surface area contributed by atoms with E-state index in [1.54, 1.807) is 0 Å². The molecule has 1 aromatic rings. The maximum Gasteiger partial charge on any atom is 0.573 e. The lowest BCUT2D eigenvalue weighted by Crippen LogP contribution is -2.18. The normalized spacial score (nSPS) is 11.3. The van der Waals surface area contributed by atoms with Crippen LogP contribution in [0.5, 0.6) is 11.5 Å². The summed E-state index contributed by atoms with van der Waals surface area (Å²) in [4.78, 5) is 13.6. The summed E-state index contributed by atoms with van der Waals surface area (Å²) in [5.74, 6) is -4.52. The number of hydrogen-bond acceptors (Lipinski definition) is 4. The molecule has 9 heteroatoms. The van der Waals surface area contributed by atoms with Crippen molar-refractivity contribution in [3.63, 3.8) is 0 Å². The fourth-order valence-electron chi connectivity index (χ4n) is 0.801. The highest BCUT2D eigenvalue weighted by Crippen LogP contribution is 2.31. The monoisotopic (exact) mass is 259 g/mol. The van der Waals surface area contributed by atoms with Crippen LogP contribution in [0.4, 0.5) is 17.6 Å². The summed E-state index contributed by atoms with van der Waals surface area (Å²) < 4.78 is 51.4. The number of carbonyl (C=O) groups excluding carboxylic acids is 1. The van der Waals surface area contributed by atoms with Gasteiger partial charge < -0.3 is 9.84 Å². The molecule has 1 aromatic heterocycles. The summed E-state index contributed by atoms with van der Waals surface area (Å²) in [7, 11) is 0. The predicted molar refractivity (Wildman–Crippen MR) is 42.7 cm³/mol. The van der Waals surface area contributed by atoms with E-state index < -0.39 is 34.6 Å². The standard InChI is InChI=1S/C7H2ClF4NO3/c8-6(15)4-5(14)3(9)2(1-13-4)16-7(10,11)12/h1,14H. The lowest BCUT2D eigenvalue weighted by molar-refractivity contribution is -0.275. The fraction of sp³-hybridized carbons (Fsp3) is 0.143. The number of hydrogen-bond donors (Lipinski definition) is 1. The molecule has 0 atom stereocenters. The molecule has 0 amide bonds. The second-order valence-corrected chi connectivity index (χ2v) is 2.80. The van der Waals surface area contributed by atoms with Crippen molar-refractivity contribution in [1.29, 1.82) is 0 Å². The van der Waals surface area contributed by atoms with Crippen LogP contribution < -0.4 is 4.74 Å². The summed E-state index contributed by atoms with van der Waals surface area (Å²) in [6, 6.07) is 0. The number of carbonyl (C=O) groups is 1. The third-order valence-corrected chi connectivity index (χ3v) is 1.55. The van der Waals surface area contributed by atoms with Gasteiger partial charge in [0.2, 0.25) is 5.82 Å². The van der Waals surface area contributed by atoms with E-state index in [9.17, 15) is 22.4 Å². The molecule has 0 aliphatic rings. The predicted octanol–water partition coefficient (Wildman–Crippen LogP) is 2.20. The molecule has 0 radical (unpaired) electrons. The molecule has 0 unspecified atom stereocenters. The van der Waals surface area contributed by atoms with Gasteiger partial charge in [-0.25, -0.2) is 4.98 Å². The lowest BCUT2D eigenvalue weighted by atomic mass is 10.3. The maximum atomic E-state index is 13.0. The van der Waals surface area contributed by atoms with Crippen molar-refractivity contribution >= 4 is 16.8 Å². The Morgan fingerprint density at radius 2 is 2.06 bits per heavy atom. The first-order valence-corrected chi connectivity index (χ1v) is 3.93. The molecule has 0 spiro atoms. The van der Waals surface area contributed by atoms with E-state index in [0.29, 0.717) is 0 Å². The summed E-state index contributed by atoms with van der Waals surface area (Å²) in [6.45, 7) is 0. The molecule has 0 aliphatic carbocycles. The highest BCUT2D eigenvalue weighted by Gasteiger charge is 2.34. The van der Waals surface area contributed by atoms with E-state index in [1.165, 1.54) is 0 Å². The van der Waals surface area contributed by atoms with Gasteiger partial charge in [-0.15, -0.1) is 13.2 Å². The van der Waals surface area contributed by atoms with E-state index in [1.807, 2.05) is 0 Å². The molecule has 0 aliphatic heterocycles. The zero-order valence-corrected chi connectivity index (χ0v) is 7.93. The van der Waals surface area contributed by atoms with E-state index >= 15 is 0 Å². The van der Waals surface area contributed by atoms with Crippen molar-refractivity contribution in [2.75, 3.05) is 0 Å². The molecule has 0 saturated carbocycles. The van der Waals surface area contributed by atoms with Crippen LogP contribution in [-0.2, 0) is 0 Å². The number of halogens is 5. The Kier molecular flexibility index (Phi) is 3.22.